The summed E-state index contributed by atoms with van der Waals surface area (Å²) in [7, 11) is 1.94. The molecule has 2 rings (SSSR count). The third-order valence-corrected chi connectivity index (χ3v) is 2.88. The van der Waals surface area contributed by atoms with E-state index in [9.17, 15) is 5.11 Å². The molecule has 1 unspecified atom stereocenters. The van der Waals surface area contributed by atoms with E-state index in [1.807, 2.05) is 17.8 Å². The molecule has 0 saturated carbocycles. The molecule has 1 N–H and O–H groups in total. The molecule has 0 bridgehead atoms. The van der Waals surface area contributed by atoms with Gasteiger partial charge in [0.2, 0.25) is 0 Å². The summed E-state index contributed by atoms with van der Waals surface area (Å²) >= 11 is 5.74. The first-order chi connectivity index (χ1) is 8.16. The van der Waals surface area contributed by atoms with Gasteiger partial charge in [0.15, 0.2) is 0 Å². The number of rotatable bonds is 4. The van der Waals surface area contributed by atoms with E-state index < -0.39 is 6.10 Å². The van der Waals surface area contributed by atoms with E-state index >= 15 is 0 Å². The lowest BCUT2D eigenvalue weighted by Crippen LogP contribution is -2.04. The summed E-state index contributed by atoms with van der Waals surface area (Å²) in [4.78, 5) is 8.30. The van der Waals surface area contributed by atoms with Crippen LogP contribution in [0.1, 0.15) is 24.0 Å². The lowest BCUT2D eigenvalue weighted by atomic mass is 10.1. The highest BCUT2D eigenvalue weighted by Gasteiger charge is 2.10. The molecule has 5 heteroatoms. The summed E-state index contributed by atoms with van der Waals surface area (Å²) in [5.74, 6) is 0.956. The smallest absolute Gasteiger partial charge is 0.108 e. The zero-order valence-electron chi connectivity index (χ0n) is 9.55. The first kappa shape index (κ1) is 12.1. The van der Waals surface area contributed by atoms with Crippen LogP contribution in [-0.2, 0) is 13.5 Å². The fraction of sp³-hybridized carbons (Fsp3) is 0.333. The minimum Gasteiger partial charge on any atom is -0.387 e. The molecule has 0 aliphatic carbocycles. The van der Waals surface area contributed by atoms with Crippen molar-refractivity contribution in [1.29, 1.82) is 0 Å². The minimum absolute atomic E-state index is 0.574. The van der Waals surface area contributed by atoms with Crippen LogP contribution in [0.4, 0.5) is 0 Å². The van der Waals surface area contributed by atoms with E-state index in [0.29, 0.717) is 17.1 Å². The number of pyridine rings is 1. The van der Waals surface area contributed by atoms with E-state index in [1.165, 1.54) is 0 Å². The largest absolute Gasteiger partial charge is 0.387 e. The van der Waals surface area contributed by atoms with Crippen molar-refractivity contribution in [1.82, 2.24) is 14.5 Å². The predicted molar refractivity (Wildman–Crippen MR) is 65.7 cm³/mol. The molecule has 0 fully saturated rings. The van der Waals surface area contributed by atoms with Gasteiger partial charge in [-0.2, -0.15) is 0 Å². The third kappa shape index (κ3) is 3.05. The van der Waals surface area contributed by atoms with Crippen LogP contribution in [0.2, 0.25) is 5.02 Å². The normalized spacial score (nSPS) is 12.6. The van der Waals surface area contributed by atoms with E-state index in [4.69, 9.17) is 11.6 Å². The van der Waals surface area contributed by atoms with Gasteiger partial charge in [-0.15, -0.1) is 0 Å². The summed E-state index contributed by atoms with van der Waals surface area (Å²) in [6.45, 7) is 0. The molecule has 0 spiro atoms. The maximum atomic E-state index is 9.96. The molecular formula is C12H14ClN3O. The first-order valence-electron chi connectivity index (χ1n) is 5.42. The van der Waals surface area contributed by atoms with Crippen LogP contribution in [0.25, 0.3) is 0 Å². The Morgan fingerprint density at radius 2 is 2.24 bits per heavy atom. The highest BCUT2D eigenvalue weighted by Crippen LogP contribution is 2.17. The molecule has 0 aliphatic heterocycles. The molecule has 0 radical (unpaired) electrons. The third-order valence-electron chi connectivity index (χ3n) is 2.65. The minimum atomic E-state index is -0.580. The van der Waals surface area contributed by atoms with Crippen LogP contribution in [0, 0.1) is 0 Å². The number of aryl methyl sites for hydroxylation is 2. The van der Waals surface area contributed by atoms with Crippen molar-refractivity contribution in [2.45, 2.75) is 18.9 Å². The molecule has 2 aromatic rings. The van der Waals surface area contributed by atoms with Crippen molar-refractivity contribution in [3.8, 4) is 0 Å². The topological polar surface area (TPSA) is 50.9 Å². The zero-order valence-corrected chi connectivity index (χ0v) is 10.3. The van der Waals surface area contributed by atoms with Crippen molar-refractivity contribution in [3.63, 3.8) is 0 Å². The number of hydrogen-bond donors (Lipinski definition) is 1. The summed E-state index contributed by atoms with van der Waals surface area (Å²) < 4.78 is 1.95. The number of halogens is 1. The quantitative estimate of drug-likeness (QED) is 0.906. The average molecular weight is 252 g/mol. The number of aliphatic hydroxyl groups excluding tert-OH is 1. The standard InChI is InChI=1S/C12H14ClN3O/c1-16-7-6-14-12(16)5-4-11(17)10-3-2-9(13)8-15-10/h2-3,6-8,11,17H,4-5H2,1H3. The van der Waals surface area contributed by atoms with Crippen molar-refractivity contribution in [3.05, 3.63) is 47.3 Å². The fourth-order valence-electron chi connectivity index (χ4n) is 1.64. The number of aliphatic hydroxyl groups is 1. The van der Waals surface area contributed by atoms with Crippen molar-refractivity contribution in [2.75, 3.05) is 0 Å². The number of hydrogen-bond acceptors (Lipinski definition) is 3. The maximum Gasteiger partial charge on any atom is 0.108 e. The second-order valence-corrected chi connectivity index (χ2v) is 4.35. The molecule has 0 aliphatic rings. The lowest BCUT2D eigenvalue weighted by Gasteiger charge is -2.09. The van der Waals surface area contributed by atoms with E-state index in [2.05, 4.69) is 9.97 Å². The Morgan fingerprint density at radius 3 is 2.82 bits per heavy atom. The molecular weight excluding hydrogens is 238 g/mol. The Kier molecular flexibility index (Phi) is 3.76. The summed E-state index contributed by atoms with van der Waals surface area (Å²) in [5, 5.41) is 10.5. The summed E-state index contributed by atoms with van der Waals surface area (Å²) in [6, 6.07) is 3.47. The Hall–Kier alpha value is -1.39. The van der Waals surface area contributed by atoms with E-state index in [0.717, 1.165) is 12.2 Å². The molecule has 1 atom stereocenters. The highest BCUT2D eigenvalue weighted by atomic mass is 35.5. The fourth-order valence-corrected chi connectivity index (χ4v) is 1.75. The summed E-state index contributed by atoms with van der Waals surface area (Å²) in [6.07, 6.45) is 5.92. The Balaban J connectivity index is 1.95. The van der Waals surface area contributed by atoms with Gasteiger partial charge in [0.25, 0.3) is 0 Å². The molecule has 0 aromatic carbocycles. The van der Waals surface area contributed by atoms with Gasteiger partial charge in [0.1, 0.15) is 5.82 Å². The number of nitrogens with zero attached hydrogens (tertiary/aromatic N) is 3. The zero-order chi connectivity index (χ0) is 12.3. The second-order valence-electron chi connectivity index (χ2n) is 3.91. The Morgan fingerprint density at radius 1 is 1.41 bits per heavy atom. The van der Waals surface area contributed by atoms with Crippen LogP contribution < -0.4 is 0 Å². The molecule has 0 amide bonds. The average Bonchev–Trinajstić information content (AvgIpc) is 2.73. The van der Waals surface area contributed by atoms with Gasteiger partial charge in [-0.25, -0.2) is 4.98 Å². The number of aromatic nitrogens is 3. The van der Waals surface area contributed by atoms with E-state index in [-0.39, 0.29) is 0 Å². The van der Waals surface area contributed by atoms with Crippen molar-refractivity contribution in [2.24, 2.45) is 7.05 Å². The van der Waals surface area contributed by atoms with Gasteiger partial charge in [-0.3, -0.25) is 4.98 Å². The van der Waals surface area contributed by atoms with Crippen LogP contribution in [0.5, 0.6) is 0 Å². The van der Waals surface area contributed by atoms with Crippen molar-refractivity contribution >= 4 is 11.6 Å². The molecule has 2 heterocycles. The molecule has 2 aromatic heterocycles. The maximum absolute atomic E-state index is 9.96. The van der Waals surface area contributed by atoms with Crippen LogP contribution >= 0.6 is 11.6 Å². The Bertz CT molecular complexity index is 481. The van der Waals surface area contributed by atoms with Crippen LogP contribution in [-0.4, -0.2) is 19.6 Å². The molecule has 17 heavy (non-hydrogen) atoms. The predicted octanol–water partition coefficient (Wildman–Crippen LogP) is 2.13. The highest BCUT2D eigenvalue weighted by molar-refractivity contribution is 6.30. The number of imidazole rings is 1. The summed E-state index contributed by atoms with van der Waals surface area (Å²) in [5.41, 5.74) is 0.642. The van der Waals surface area contributed by atoms with Gasteiger partial charge in [0.05, 0.1) is 16.8 Å². The van der Waals surface area contributed by atoms with Gasteiger partial charge < -0.3 is 9.67 Å². The monoisotopic (exact) mass is 251 g/mol. The van der Waals surface area contributed by atoms with Gasteiger partial charge in [-0.05, 0) is 18.6 Å². The van der Waals surface area contributed by atoms with E-state index in [1.54, 1.807) is 24.5 Å². The van der Waals surface area contributed by atoms with Crippen molar-refractivity contribution < 1.29 is 5.11 Å². The lowest BCUT2D eigenvalue weighted by molar-refractivity contribution is 0.162. The van der Waals surface area contributed by atoms with Crippen LogP contribution in [0.15, 0.2) is 30.7 Å². The molecule has 4 nitrogen and oxygen atoms in total. The molecule has 90 valence electrons. The van der Waals surface area contributed by atoms with Gasteiger partial charge in [0, 0.05) is 32.1 Å². The van der Waals surface area contributed by atoms with Crippen LogP contribution in [0.3, 0.4) is 0 Å². The molecule has 0 saturated heterocycles. The Labute approximate surface area is 105 Å². The first-order valence-corrected chi connectivity index (χ1v) is 5.80. The second kappa shape index (κ2) is 5.29. The van der Waals surface area contributed by atoms with Gasteiger partial charge >= 0.3 is 0 Å². The SMILES string of the molecule is Cn1ccnc1CCC(O)c1ccc(Cl)cn1. The van der Waals surface area contributed by atoms with Gasteiger partial charge in [-0.1, -0.05) is 11.6 Å².